The fraction of sp³-hybridized carbons (Fsp3) is 0.211. The second-order valence-electron chi connectivity index (χ2n) is 6.60. The molecule has 4 rings (SSSR count). The molecule has 0 amide bonds. The number of halogens is 3. The third-order valence-electron chi connectivity index (χ3n) is 4.76. The zero-order chi connectivity index (χ0) is 22.6. The van der Waals surface area contributed by atoms with Crippen LogP contribution in [-0.2, 0) is 16.0 Å². The highest BCUT2D eigenvalue weighted by Crippen LogP contribution is 2.31. The van der Waals surface area contributed by atoms with E-state index in [9.17, 15) is 26.4 Å². The first-order valence-electron chi connectivity index (χ1n) is 8.95. The Morgan fingerprint density at radius 1 is 1.16 bits per heavy atom. The molecule has 0 spiro atoms. The van der Waals surface area contributed by atoms with E-state index in [0.29, 0.717) is 16.5 Å². The Bertz CT molecular complexity index is 1490. The van der Waals surface area contributed by atoms with Gasteiger partial charge in [-0.1, -0.05) is 13.0 Å². The molecule has 0 bridgehead atoms. The number of aromatic nitrogens is 4. The minimum atomic E-state index is -4.65. The smallest absolute Gasteiger partial charge is 0.416 e. The van der Waals surface area contributed by atoms with Gasteiger partial charge in [0.15, 0.2) is 20.7 Å². The topological polar surface area (TPSA) is 95.6 Å². The van der Waals surface area contributed by atoms with Crippen molar-refractivity contribution >= 4 is 26.3 Å². The van der Waals surface area contributed by atoms with Gasteiger partial charge in [0.05, 0.1) is 30.0 Å². The second kappa shape index (κ2) is 7.08. The molecular formula is C19H15F3N4O4S. The Morgan fingerprint density at radius 3 is 2.55 bits per heavy atom. The number of hydrogen-bond acceptors (Lipinski definition) is 6. The summed E-state index contributed by atoms with van der Waals surface area (Å²) >= 11 is 0. The number of alkyl halides is 3. The zero-order valence-electron chi connectivity index (χ0n) is 16.2. The Kier molecular flexibility index (Phi) is 4.76. The lowest BCUT2D eigenvalue weighted by atomic mass is 10.1. The van der Waals surface area contributed by atoms with Crippen LogP contribution in [0.1, 0.15) is 12.5 Å². The predicted octanol–water partition coefficient (Wildman–Crippen LogP) is 2.85. The molecule has 0 N–H and O–H groups in total. The second-order valence-corrected chi connectivity index (χ2v) is 8.79. The highest BCUT2D eigenvalue weighted by Gasteiger charge is 2.31. The molecule has 3 aromatic heterocycles. The van der Waals surface area contributed by atoms with E-state index in [0.717, 1.165) is 12.1 Å². The molecule has 0 atom stereocenters. The van der Waals surface area contributed by atoms with Gasteiger partial charge in [-0.15, -0.1) is 0 Å². The van der Waals surface area contributed by atoms with Gasteiger partial charge in [-0.2, -0.15) is 23.0 Å². The van der Waals surface area contributed by atoms with Gasteiger partial charge >= 0.3 is 6.18 Å². The molecule has 0 aliphatic rings. The summed E-state index contributed by atoms with van der Waals surface area (Å²) < 4.78 is 72.0. The maximum absolute atomic E-state index is 13.1. The van der Waals surface area contributed by atoms with Gasteiger partial charge in [-0.3, -0.25) is 9.20 Å². The van der Waals surface area contributed by atoms with Crippen LogP contribution in [0.15, 0.2) is 52.5 Å². The van der Waals surface area contributed by atoms with Crippen LogP contribution in [0.3, 0.4) is 0 Å². The van der Waals surface area contributed by atoms with E-state index in [4.69, 9.17) is 4.74 Å². The average molecular weight is 452 g/mol. The molecule has 31 heavy (non-hydrogen) atoms. The number of pyridine rings is 1. The summed E-state index contributed by atoms with van der Waals surface area (Å²) in [5.41, 5.74) is -1.76. The first-order chi connectivity index (χ1) is 14.6. The van der Waals surface area contributed by atoms with Crippen molar-refractivity contribution in [3.63, 3.8) is 0 Å². The lowest BCUT2D eigenvalue weighted by Crippen LogP contribution is -2.24. The first-order valence-corrected chi connectivity index (χ1v) is 10.6. The molecule has 1 aromatic carbocycles. The Hall–Kier alpha value is -3.41. The van der Waals surface area contributed by atoms with Gasteiger partial charge in [-0.25, -0.2) is 13.4 Å². The highest BCUT2D eigenvalue weighted by molar-refractivity contribution is 7.91. The Morgan fingerprint density at radius 2 is 1.90 bits per heavy atom. The molecule has 0 saturated heterocycles. The number of hydrogen-bond donors (Lipinski definition) is 0. The summed E-state index contributed by atoms with van der Waals surface area (Å²) in [6.07, 6.45) is -2.05. The molecule has 0 fully saturated rings. The van der Waals surface area contributed by atoms with Gasteiger partial charge in [0.1, 0.15) is 11.4 Å². The molecular weight excluding hydrogens is 437 g/mol. The summed E-state index contributed by atoms with van der Waals surface area (Å²) in [7, 11) is -2.48. The standard InChI is InChI=1S/C19H15F3N4O4S/c1-3-31(28,29)18-16(24-15-9-13(30-2)6-7-25(15)18)26-17(27)14-8-12(19(20,21)22)5-4-11(14)10-23-26/h4-10H,3H2,1-2H3. The van der Waals surface area contributed by atoms with Crippen LogP contribution in [0.4, 0.5) is 13.2 Å². The first kappa shape index (κ1) is 20.8. The lowest BCUT2D eigenvalue weighted by Gasteiger charge is -2.09. The van der Waals surface area contributed by atoms with E-state index in [-0.39, 0.29) is 33.0 Å². The molecule has 0 radical (unpaired) electrons. The molecule has 4 aromatic rings. The molecule has 0 unspecified atom stereocenters. The van der Waals surface area contributed by atoms with E-state index in [1.54, 1.807) is 0 Å². The third-order valence-corrected chi connectivity index (χ3v) is 6.49. The van der Waals surface area contributed by atoms with Gasteiger partial charge < -0.3 is 4.74 Å². The molecule has 0 aliphatic carbocycles. The number of benzene rings is 1. The molecule has 162 valence electrons. The molecule has 3 heterocycles. The number of methoxy groups -OCH3 is 1. The molecule has 0 aliphatic heterocycles. The van der Waals surface area contributed by atoms with Crippen molar-refractivity contribution < 1.29 is 26.3 Å². The van der Waals surface area contributed by atoms with Crippen LogP contribution in [0, 0.1) is 0 Å². The van der Waals surface area contributed by atoms with Crippen molar-refractivity contribution in [2.45, 2.75) is 18.1 Å². The van der Waals surface area contributed by atoms with E-state index in [1.807, 2.05) is 0 Å². The minimum Gasteiger partial charge on any atom is -0.497 e. The fourth-order valence-corrected chi connectivity index (χ4v) is 4.29. The van der Waals surface area contributed by atoms with Gasteiger partial charge in [0.25, 0.3) is 5.56 Å². The largest absolute Gasteiger partial charge is 0.497 e. The van der Waals surface area contributed by atoms with Crippen molar-refractivity contribution in [2.24, 2.45) is 0 Å². The quantitative estimate of drug-likeness (QED) is 0.473. The third kappa shape index (κ3) is 3.42. The highest BCUT2D eigenvalue weighted by atomic mass is 32.2. The van der Waals surface area contributed by atoms with Crippen LogP contribution in [-0.4, -0.2) is 40.4 Å². The number of ether oxygens (including phenoxy) is 1. The minimum absolute atomic E-state index is 0.166. The molecule has 8 nitrogen and oxygen atoms in total. The van der Waals surface area contributed by atoms with Crippen molar-refractivity contribution in [3.05, 3.63) is 58.6 Å². The number of sulfone groups is 1. The monoisotopic (exact) mass is 452 g/mol. The van der Waals surface area contributed by atoms with Crippen LogP contribution in [0.25, 0.3) is 22.2 Å². The normalized spacial score (nSPS) is 12.5. The summed E-state index contributed by atoms with van der Waals surface area (Å²) in [4.78, 5) is 17.3. The zero-order valence-corrected chi connectivity index (χ0v) is 17.0. The van der Waals surface area contributed by atoms with Crippen LogP contribution in [0.2, 0.25) is 0 Å². The van der Waals surface area contributed by atoms with Crippen LogP contribution < -0.4 is 10.3 Å². The van der Waals surface area contributed by atoms with E-state index in [1.165, 1.54) is 43.0 Å². The van der Waals surface area contributed by atoms with Crippen LogP contribution >= 0.6 is 0 Å². The van der Waals surface area contributed by atoms with E-state index >= 15 is 0 Å². The summed E-state index contributed by atoms with van der Waals surface area (Å²) in [5.74, 6) is -0.196. The molecule has 12 heteroatoms. The number of rotatable bonds is 4. The van der Waals surface area contributed by atoms with E-state index in [2.05, 4.69) is 10.1 Å². The van der Waals surface area contributed by atoms with Gasteiger partial charge in [-0.05, 0) is 18.2 Å². The molecule has 0 saturated carbocycles. The maximum Gasteiger partial charge on any atom is 0.416 e. The maximum atomic E-state index is 13.1. The van der Waals surface area contributed by atoms with E-state index < -0.39 is 27.1 Å². The Labute approximate surface area is 173 Å². The number of nitrogens with zero attached hydrogens (tertiary/aromatic N) is 4. The number of fused-ring (bicyclic) bond motifs is 2. The fourth-order valence-electron chi connectivity index (χ4n) is 3.15. The summed E-state index contributed by atoms with van der Waals surface area (Å²) in [6, 6.07) is 5.67. The predicted molar refractivity (Wildman–Crippen MR) is 105 cm³/mol. The van der Waals surface area contributed by atoms with Gasteiger partial charge in [0, 0.05) is 17.6 Å². The number of imidazole rings is 1. The average Bonchev–Trinajstić information content (AvgIpc) is 3.12. The lowest BCUT2D eigenvalue weighted by molar-refractivity contribution is -0.137. The van der Waals surface area contributed by atoms with Crippen molar-refractivity contribution in [2.75, 3.05) is 12.9 Å². The Balaban J connectivity index is 2.07. The van der Waals surface area contributed by atoms with Crippen molar-refractivity contribution in [3.8, 4) is 11.6 Å². The summed E-state index contributed by atoms with van der Waals surface area (Å²) in [5, 5.41) is 3.58. The SMILES string of the molecule is CCS(=O)(=O)c1c(-n2ncc3ccc(C(F)(F)F)cc3c2=O)nc2cc(OC)ccn12. The van der Waals surface area contributed by atoms with Crippen LogP contribution in [0.5, 0.6) is 5.75 Å². The van der Waals surface area contributed by atoms with Gasteiger partial charge in [0.2, 0.25) is 0 Å². The van der Waals surface area contributed by atoms with Crippen molar-refractivity contribution in [1.29, 1.82) is 0 Å². The summed E-state index contributed by atoms with van der Waals surface area (Å²) in [6.45, 7) is 1.42. The van der Waals surface area contributed by atoms with Crippen molar-refractivity contribution in [1.82, 2.24) is 19.2 Å².